The van der Waals surface area contributed by atoms with Crippen LogP contribution in [0.3, 0.4) is 0 Å². The van der Waals surface area contributed by atoms with Gasteiger partial charge in [-0.05, 0) is 18.5 Å². The topological polar surface area (TPSA) is 83.5 Å². The zero-order chi connectivity index (χ0) is 13.2. The highest BCUT2D eigenvalue weighted by Crippen LogP contribution is 2.12. The van der Waals surface area contributed by atoms with E-state index in [4.69, 9.17) is 0 Å². The Morgan fingerprint density at radius 3 is 2.56 bits per heavy atom. The number of piperazine rings is 1. The predicted molar refractivity (Wildman–Crippen MR) is 66.8 cm³/mol. The molecule has 2 heterocycles. The van der Waals surface area contributed by atoms with Crippen LogP contribution in [0.25, 0.3) is 0 Å². The molecule has 0 unspecified atom stereocenters. The minimum absolute atomic E-state index is 0.0969. The Morgan fingerprint density at radius 2 is 2.06 bits per heavy atom. The molecule has 7 nitrogen and oxygen atoms in total. The van der Waals surface area contributed by atoms with Crippen molar-refractivity contribution >= 4 is 27.5 Å². The minimum Gasteiger partial charge on any atom is -0.335 e. The summed E-state index contributed by atoms with van der Waals surface area (Å²) in [7, 11) is -3.15. The normalized spacial score (nSPS) is 17.9. The number of hydrogen-bond donors (Lipinski definition) is 0. The van der Waals surface area contributed by atoms with Gasteiger partial charge in [0.2, 0.25) is 10.0 Å². The van der Waals surface area contributed by atoms with E-state index in [0.717, 1.165) is 11.5 Å². The van der Waals surface area contributed by atoms with E-state index in [-0.39, 0.29) is 11.7 Å². The molecule has 1 aromatic heterocycles. The van der Waals surface area contributed by atoms with Crippen molar-refractivity contribution in [3.8, 4) is 0 Å². The van der Waals surface area contributed by atoms with Crippen LogP contribution < -0.4 is 0 Å². The first-order chi connectivity index (χ1) is 8.54. The molecule has 9 heteroatoms. The molecule has 0 bridgehead atoms. The van der Waals surface area contributed by atoms with Crippen molar-refractivity contribution in [1.82, 2.24) is 18.8 Å². The number of amides is 1. The number of hydrogen-bond acceptors (Lipinski definition) is 6. The second-order valence-corrected chi connectivity index (χ2v) is 6.92. The van der Waals surface area contributed by atoms with Gasteiger partial charge in [0.15, 0.2) is 0 Å². The Kier molecular flexibility index (Phi) is 3.93. The lowest BCUT2D eigenvalue weighted by atomic mass is 10.3. The van der Waals surface area contributed by atoms with Crippen LogP contribution in [0.5, 0.6) is 0 Å². The van der Waals surface area contributed by atoms with Crippen molar-refractivity contribution in [3.05, 3.63) is 11.1 Å². The first-order valence-electron chi connectivity index (χ1n) is 5.59. The van der Waals surface area contributed by atoms with Crippen LogP contribution in [-0.2, 0) is 10.0 Å². The van der Waals surface area contributed by atoms with Gasteiger partial charge in [-0.15, -0.1) is 5.10 Å². The van der Waals surface area contributed by atoms with Crippen LogP contribution in [0.2, 0.25) is 0 Å². The number of nitrogens with zero attached hydrogens (tertiary/aromatic N) is 4. The van der Waals surface area contributed by atoms with Crippen molar-refractivity contribution in [3.63, 3.8) is 0 Å². The Balaban J connectivity index is 1.97. The van der Waals surface area contributed by atoms with Gasteiger partial charge in [-0.25, -0.2) is 8.42 Å². The second-order valence-electron chi connectivity index (χ2n) is 3.87. The fourth-order valence-corrected chi connectivity index (χ4v) is 3.34. The van der Waals surface area contributed by atoms with Crippen LogP contribution in [0.4, 0.5) is 0 Å². The molecular weight excluding hydrogens is 276 g/mol. The molecule has 1 amide bonds. The summed E-state index contributed by atoms with van der Waals surface area (Å²) in [6.45, 7) is 3.16. The molecule has 100 valence electrons. The SMILES string of the molecule is CCS(=O)(=O)N1CCN(C(=O)c2cnns2)CC1. The molecule has 1 aliphatic heterocycles. The van der Waals surface area contributed by atoms with Gasteiger partial charge in [-0.2, -0.15) is 4.31 Å². The average Bonchev–Trinajstić information content (AvgIpc) is 2.92. The van der Waals surface area contributed by atoms with E-state index in [0.29, 0.717) is 31.1 Å². The molecule has 0 saturated carbocycles. The van der Waals surface area contributed by atoms with E-state index in [1.165, 1.54) is 10.5 Å². The summed E-state index contributed by atoms with van der Waals surface area (Å²) in [5, 5.41) is 3.62. The molecule has 0 aromatic carbocycles. The number of aromatic nitrogens is 2. The third-order valence-electron chi connectivity index (χ3n) is 2.86. The third kappa shape index (κ3) is 2.68. The summed E-state index contributed by atoms with van der Waals surface area (Å²) >= 11 is 1.05. The molecule has 0 aliphatic carbocycles. The Bertz CT molecular complexity index is 506. The minimum atomic E-state index is -3.15. The van der Waals surface area contributed by atoms with Gasteiger partial charge in [-0.1, -0.05) is 4.49 Å². The summed E-state index contributed by atoms with van der Waals surface area (Å²) < 4.78 is 28.4. The lowest BCUT2D eigenvalue weighted by Gasteiger charge is -2.33. The first-order valence-corrected chi connectivity index (χ1v) is 7.97. The fraction of sp³-hybridized carbons (Fsp3) is 0.667. The van der Waals surface area contributed by atoms with Gasteiger partial charge >= 0.3 is 0 Å². The summed E-state index contributed by atoms with van der Waals surface area (Å²) in [4.78, 5) is 14.1. The first kappa shape index (κ1) is 13.4. The van der Waals surface area contributed by atoms with E-state index in [9.17, 15) is 13.2 Å². The highest BCUT2D eigenvalue weighted by Gasteiger charge is 2.28. The smallest absolute Gasteiger partial charge is 0.267 e. The third-order valence-corrected chi connectivity index (χ3v) is 5.39. The van der Waals surface area contributed by atoms with Crippen molar-refractivity contribution in [2.75, 3.05) is 31.9 Å². The summed E-state index contributed by atoms with van der Waals surface area (Å²) in [5.74, 6) is -0.0294. The number of rotatable bonds is 3. The molecule has 1 fully saturated rings. The standard InChI is InChI=1S/C9H14N4O3S2/c1-2-18(15,16)13-5-3-12(4-6-13)9(14)8-7-10-11-17-8/h7H,2-6H2,1H3. The zero-order valence-electron chi connectivity index (χ0n) is 9.94. The number of carbonyl (C=O) groups excluding carboxylic acids is 1. The predicted octanol–water partition coefficient (Wildman–Crippen LogP) is -0.354. The second kappa shape index (κ2) is 5.29. The molecule has 2 rings (SSSR count). The molecule has 0 radical (unpaired) electrons. The largest absolute Gasteiger partial charge is 0.335 e. The maximum atomic E-state index is 12.0. The van der Waals surface area contributed by atoms with E-state index < -0.39 is 10.0 Å². The van der Waals surface area contributed by atoms with Gasteiger partial charge in [-0.3, -0.25) is 4.79 Å². The maximum absolute atomic E-state index is 12.0. The fourth-order valence-electron chi connectivity index (χ4n) is 1.77. The van der Waals surface area contributed by atoms with Gasteiger partial charge in [0.25, 0.3) is 5.91 Å². The zero-order valence-corrected chi connectivity index (χ0v) is 11.6. The Morgan fingerprint density at radius 1 is 1.39 bits per heavy atom. The van der Waals surface area contributed by atoms with Crippen molar-refractivity contribution in [2.24, 2.45) is 0 Å². The van der Waals surface area contributed by atoms with E-state index in [1.807, 2.05) is 0 Å². The van der Waals surface area contributed by atoms with Gasteiger partial charge in [0.05, 0.1) is 11.9 Å². The van der Waals surface area contributed by atoms with Crippen LogP contribution in [0, 0.1) is 0 Å². The summed E-state index contributed by atoms with van der Waals surface area (Å²) in [5.41, 5.74) is 0. The maximum Gasteiger partial charge on any atom is 0.267 e. The molecule has 18 heavy (non-hydrogen) atoms. The van der Waals surface area contributed by atoms with Crippen molar-refractivity contribution in [1.29, 1.82) is 0 Å². The van der Waals surface area contributed by atoms with Crippen LogP contribution in [0.15, 0.2) is 6.20 Å². The molecule has 0 N–H and O–H groups in total. The Labute approximate surface area is 110 Å². The monoisotopic (exact) mass is 290 g/mol. The molecule has 1 aliphatic rings. The number of carbonyl (C=O) groups is 1. The summed E-state index contributed by atoms with van der Waals surface area (Å²) in [6.07, 6.45) is 1.43. The highest BCUT2D eigenvalue weighted by molar-refractivity contribution is 7.89. The van der Waals surface area contributed by atoms with Gasteiger partial charge < -0.3 is 4.90 Å². The van der Waals surface area contributed by atoms with Crippen molar-refractivity contribution < 1.29 is 13.2 Å². The van der Waals surface area contributed by atoms with Crippen LogP contribution >= 0.6 is 11.5 Å². The lowest BCUT2D eigenvalue weighted by molar-refractivity contribution is 0.0702. The summed E-state index contributed by atoms with van der Waals surface area (Å²) in [6, 6.07) is 0. The van der Waals surface area contributed by atoms with Gasteiger partial charge in [0, 0.05) is 26.2 Å². The molecular formula is C9H14N4O3S2. The van der Waals surface area contributed by atoms with E-state index in [2.05, 4.69) is 9.59 Å². The van der Waals surface area contributed by atoms with E-state index in [1.54, 1.807) is 11.8 Å². The Hall–Kier alpha value is -1.06. The molecule has 1 saturated heterocycles. The molecule has 1 aromatic rings. The van der Waals surface area contributed by atoms with Crippen LogP contribution in [0.1, 0.15) is 16.6 Å². The lowest BCUT2D eigenvalue weighted by Crippen LogP contribution is -2.50. The molecule has 0 atom stereocenters. The highest BCUT2D eigenvalue weighted by atomic mass is 32.2. The van der Waals surface area contributed by atoms with Gasteiger partial charge in [0.1, 0.15) is 4.88 Å². The molecule has 0 spiro atoms. The van der Waals surface area contributed by atoms with Crippen LogP contribution in [-0.4, -0.2) is 65.0 Å². The number of sulfonamides is 1. The van der Waals surface area contributed by atoms with Crippen molar-refractivity contribution in [2.45, 2.75) is 6.92 Å². The quantitative estimate of drug-likeness (QED) is 0.759. The average molecular weight is 290 g/mol. The van der Waals surface area contributed by atoms with E-state index >= 15 is 0 Å².